The third kappa shape index (κ3) is 7.59. The molecule has 0 heterocycles. The molecule has 1 aromatic rings. The first-order chi connectivity index (χ1) is 10.1. The predicted octanol–water partition coefficient (Wildman–Crippen LogP) is 3.21. The standard InChI is InChI=1S/C18H24O3/c1-15(20)12-13-17-8-3-2-7-16(17)9-6-11-18(21)10-4-5-14-19/h2-3,6-9,12-15,18,20-21H,4-5,10-11H2,1H3/b9-6+,13-12+. The molecule has 3 nitrogen and oxygen atoms in total. The second-order valence-electron chi connectivity index (χ2n) is 5.12. The number of hydrogen-bond donors (Lipinski definition) is 2. The summed E-state index contributed by atoms with van der Waals surface area (Å²) in [7, 11) is 0. The molecule has 21 heavy (non-hydrogen) atoms. The van der Waals surface area contributed by atoms with Crippen LogP contribution in [0.15, 0.2) is 36.4 Å². The van der Waals surface area contributed by atoms with Gasteiger partial charge in [0.1, 0.15) is 6.29 Å². The van der Waals surface area contributed by atoms with Crippen LogP contribution in [-0.2, 0) is 4.79 Å². The molecular formula is C18H24O3. The highest BCUT2D eigenvalue weighted by atomic mass is 16.3. The summed E-state index contributed by atoms with van der Waals surface area (Å²) in [6, 6.07) is 7.89. The zero-order chi connectivity index (χ0) is 15.5. The maximum atomic E-state index is 10.2. The molecule has 0 saturated carbocycles. The van der Waals surface area contributed by atoms with Crippen molar-refractivity contribution in [3.05, 3.63) is 47.5 Å². The zero-order valence-electron chi connectivity index (χ0n) is 12.5. The van der Waals surface area contributed by atoms with E-state index in [1.807, 2.05) is 42.5 Å². The predicted molar refractivity (Wildman–Crippen MR) is 86.7 cm³/mol. The average Bonchev–Trinajstić information content (AvgIpc) is 2.46. The van der Waals surface area contributed by atoms with Crippen molar-refractivity contribution in [1.82, 2.24) is 0 Å². The van der Waals surface area contributed by atoms with Crippen molar-refractivity contribution >= 4 is 18.4 Å². The van der Waals surface area contributed by atoms with Crippen LogP contribution in [0.25, 0.3) is 12.2 Å². The molecule has 0 bridgehead atoms. The van der Waals surface area contributed by atoms with Gasteiger partial charge in [0.2, 0.25) is 0 Å². The fourth-order valence-electron chi connectivity index (χ4n) is 1.96. The lowest BCUT2D eigenvalue weighted by atomic mass is 10.0. The number of carbonyl (C=O) groups is 1. The number of aldehydes is 1. The van der Waals surface area contributed by atoms with Crippen molar-refractivity contribution in [3.63, 3.8) is 0 Å². The lowest BCUT2D eigenvalue weighted by Crippen LogP contribution is -2.04. The average molecular weight is 288 g/mol. The van der Waals surface area contributed by atoms with E-state index < -0.39 is 12.2 Å². The molecule has 0 aliphatic heterocycles. The Hall–Kier alpha value is -1.71. The van der Waals surface area contributed by atoms with E-state index in [9.17, 15) is 15.0 Å². The van der Waals surface area contributed by atoms with Crippen LogP contribution in [0.1, 0.15) is 43.7 Å². The molecular weight excluding hydrogens is 264 g/mol. The van der Waals surface area contributed by atoms with E-state index in [1.54, 1.807) is 13.0 Å². The Morgan fingerprint density at radius 3 is 2.43 bits per heavy atom. The summed E-state index contributed by atoms with van der Waals surface area (Å²) in [5.74, 6) is 0. The number of rotatable bonds is 9. The molecule has 2 unspecified atom stereocenters. The highest BCUT2D eigenvalue weighted by Crippen LogP contribution is 2.14. The summed E-state index contributed by atoms with van der Waals surface area (Å²) in [6.45, 7) is 1.71. The van der Waals surface area contributed by atoms with E-state index in [4.69, 9.17) is 0 Å². The molecule has 0 aromatic heterocycles. The first-order valence-corrected chi connectivity index (χ1v) is 7.37. The molecule has 0 amide bonds. The van der Waals surface area contributed by atoms with Crippen molar-refractivity contribution in [3.8, 4) is 0 Å². The van der Waals surface area contributed by atoms with Crippen molar-refractivity contribution < 1.29 is 15.0 Å². The number of carbonyl (C=O) groups excluding carboxylic acids is 1. The lowest BCUT2D eigenvalue weighted by Gasteiger charge is -2.06. The van der Waals surface area contributed by atoms with Gasteiger partial charge in [0.15, 0.2) is 0 Å². The lowest BCUT2D eigenvalue weighted by molar-refractivity contribution is -0.108. The van der Waals surface area contributed by atoms with Gasteiger partial charge in [-0.1, -0.05) is 48.6 Å². The zero-order valence-corrected chi connectivity index (χ0v) is 12.5. The maximum absolute atomic E-state index is 10.2. The molecule has 0 saturated heterocycles. The second kappa shape index (κ2) is 10.1. The largest absolute Gasteiger partial charge is 0.393 e. The Morgan fingerprint density at radius 2 is 1.81 bits per heavy atom. The van der Waals surface area contributed by atoms with Gasteiger partial charge in [-0.2, -0.15) is 0 Å². The van der Waals surface area contributed by atoms with Crippen LogP contribution in [0.5, 0.6) is 0 Å². The smallest absolute Gasteiger partial charge is 0.119 e. The minimum atomic E-state index is -0.471. The Labute approximate surface area is 126 Å². The monoisotopic (exact) mass is 288 g/mol. The van der Waals surface area contributed by atoms with Crippen LogP contribution in [0.2, 0.25) is 0 Å². The van der Waals surface area contributed by atoms with Crippen LogP contribution in [0.4, 0.5) is 0 Å². The fourth-order valence-corrected chi connectivity index (χ4v) is 1.96. The van der Waals surface area contributed by atoms with E-state index in [1.165, 1.54) is 0 Å². The highest BCUT2D eigenvalue weighted by Gasteiger charge is 2.01. The molecule has 2 N–H and O–H groups in total. The van der Waals surface area contributed by atoms with Crippen LogP contribution in [0, 0.1) is 0 Å². The number of aliphatic hydroxyl groups excluding tert-OH is 2. The summed E-state index contributed by atoms with van der Waals surface area (Å²) in [6.07, 6.45) is 10.0. The molecule has 0 aliphatic carbocycles. The summed E-state index contributed by atoms with van der Waals surface area (Å²) < 4.78 is 0. The molecule has 0 aliphatic rings. The Morgan fingerprint density at radius 1 is 1.14 bits per heavy atom. The summed E-state index contributed by atoms with van der Waals surface area (Å²) >= 11 is 0. The van der Waals surface area contributed by atoms with Crippen LogP contribution in [0.3, 0.4) is 0 Å². The quantitative estimate of drug-likeness (QED) is 0.542. The summed E-state index contributed by atoms with van der Waals surface area (Å²) in [4.78, 5) is 10.2. The molecule has 1 aromatic carbocycles. The molecule has 0 fully saturated rings. The minimum Gasteiger partial charge on any atom is -0.393 e. The Kier molecular flexibility index (Phi) is 8.32. The molecule has 114 valence electrons. The second-order valence-corrected chi connectivity index (χ2v) is 5.12. The van der Waals surface area contributed by atoms with E-state index >= 15 is 0 Å². The van der Waals surface area contributed by atoms with Gasteiger partial charge in [0.05, 0.1) is 12.2 Å². The van der Waals surface area contributed by atoms with Crippen molar-refractivity contribution in [2.24, 2.45) is 0 Å². The van der Waals surface area contributed by atoms with Gasteiger partial charge in [0, 0.05) is 6.42 Å². The summed E-state index contributed by atoms with van der Waals surface area (Å²) in [5, 5.41) is 19.1. The van der Waals surface area contributed by atoms with Crippen LogP contribution in [-0.4, -0.2) is 28.7 Å². The normalized spacial score (nSPS) is 14.6. The van der Waals surface area contributed by atoms with E-state index in [-0.39, 0.29) is 0 Å². The first kappa shape index (κ1) is 17.3. The SMILES string of the molecule is CC(O)/C=C/c1ccccc1/C=C/CC(O)CCCC=O. The summed E-state index contributed by atoms with van der Waals surface area (Å²) in [5.41, 5.74) is 2.08. The van der Waals surface area contributed by atoms with Crippen LogP contribution < -0.4 is 0 Å². The van der Waals surface area contributed by atoms with Crippen molar-refractivity contribution in [2.45, 2.75) is 44.8 Å². The third-order valence-corrected chi connectivity index (χ3v) is 3.12. The molecule has 0 spiro atoms. The maximum Gasteiger partial charge on any atom is 0.119 e. The minimum absolute atomic E-state index is 0.402. The van der Waals surface area contributed by atoms with Gasteiger partial charge < -0.3 is 15.0 Å². The van der Waals surface area contributed by atoms with E-state index in [2.05, 4.69) is 0 Å². The third-order valence-electron chi connectivity index (χ3n) is 3.12. The van der Waals surface area contributed by atoms with Gasteiger partial charge >= 0.3 is 0 Å². The fraction of sp³-hybridized carbons (Fsp3) is 0.389. The molecule has 2 atom stereocenters. The Bertz CT molecular complexity index is 475. The number of hydrogen-bond acceptors (Lipinski definition) is 3. The van der Waals surface area contributed by atoms with E-state index in [0.717, 1.165) is 23.8 Å². The van der Waals surface area contributed by atoms with Gasteiger partial charge in [-0.3, -0.25) is 0 Å². The number of aliphatic hydroxyl groups is 2. The molecule has 3 heteroatoms. The first-order valence-electron chi connectivity index (χ1n) is 7.37. The van der Waals surface area contributed by atoms with E-state index in [0.29, 0.717) is 19.3 Å². The van der Waals surface area contributed by atoms with Crippen molar-refractivity contribution in [1.29, 1.82) is 0 Å². The van der Waals surface area contributed by atoms with Crippen molar-refractivity contribution in [2.75, 3.05) is 0 Å². The van der Waals surface area contributed by atoms with Crippen LogP contribution >= 0.6 is 0 Å². The van der Waals surface area contributed by atoms with Gasteiger partial charge in [-0.05, 0) is 37.3 Å². The number of benzene rings is 1. The Balaban J connectivity index is 2.57. The van der Waals surface area contributed by atoms with Gasteiger partial charge in [0.25, 0.3) is 0 Å². The molecule has 0 radical (unpaired) electrons. The number of unbranched alkanes of at least 4 members (excludes halogenated alkanes) is 1. The topological polar surface area (TPSA) is 57.5 Å². The highest BCUT2D eigenvalue weighted by molar-refractivity contribution is 5.65. The van der Waals surface area contributed by atoms with Gasteiger partial charge in [-0.15, -0.1) is 0 Å². The molecule has 1 rings (SSSR count). The van der Waals surface area contributed by atoms with Gasteiger partial charge in [-0.25, -0.2) is 0 Å².